The lowest BCUT2D eigenvalue weighted by atomic mass is 9.96. The zero-order valence-corrected chi connectivity index (χ0v) is 13.5. The number of carbonyl (C=O) groups is 2. The number of carbonyl (C=O) groups excluding carboxylic acids is 2. The lowest BCUT2D eigenvalue weighted by Gasteiger charge is -2.33. The molecule has 2 fully saturated rings. The van der Waals surface area contributed by atoms with Gasteiger partial charge >= 0.3 is 0 Å². The topological polar surface area (TPSA) is 74.3 Å². The second-order valence-corrected chi connectivity index (χ2v) is 6.43. The highest BCUT2D eigenvalue weighted by Gasteiger charge is 2.32. The molecule has 0 spiro atoms. The van der Waals surface area contributed by atoms with E-state index in [1.54, 1.807) is 6.07 Å². The average molecular weight is 316 g/mol. The van der Waals surface area contributed by atoms with Crippen molar-refractivity contribution < 1.29 is 9.59 Å². The Morgan fingerprint density at radius 2 is 2.17 bits per heavy atom. The second kappa shape index (κ2) is 7.08. The Labute approximate surface area is 136 Å². The summed E-state index contributed by atoms with van der Waals surface area (Å²) < 4.78 is 0. The monoisotopic (exact) mass is 316 g/mol. The lowest BCUT2D eigenvalue weighted by Crippen LogP contribution is -2.49. The molecule has 124 valence electrons. The summed E-state index contributed by atoms with van der Waals surface area (Å²) in [7, 11) is 0. The van der Waals surface area contributed by atoms with Gasteiger partial charge in [0.1, 0.15) is 5.82 Å². The van der Waals surface area contributed by atoms with Crippen molar-refractivity contribution >= 4 is 17.6 Å². The molecule has 2 saturated heterocycles. The van der Waals surface area contributed by atoms with Crippen molar-refractivity contribution in [1.29, 1.82) is 0 Å². The van der Waals surface area contributed by atoms with Crippen LogP contribution in [0.4, 0.5) is 5.82 Å². The fraction of sp³-hybridized carbons (Fsp3) is 0.588. The number of piperidine rings is 1. The van der Waals surface area contributed by atoms with Gasteiger partial charge in [0.2, 0.25) is 11.8 Å². The van der Waals surface area contributed by atoms with Crippen molar-refractivity contribution in [3.05, 3.63) is 23.9 Å². The Balaban J connectivity index is 1.59. The van der Waals surface area contributed by atoms with Crippen LogP contribution >= 0.6 is 0 Å². The van der Waals surface area contributed by atoms with E-state index in [0.29, 0.717) is 12.4 Å². The van der Waals surface area contributed by atoms with E-state index in [0.717, 1.165) is 44.5 Å². The Bertz CT molecular complexity index is 584. The number of aromatic nitrogens is 1. The zero-order valence-electron chi connectivity index (χ0n) is 13.5. The summed E-state index contributed by atoms with van der Waals surface area (Å²) in [5.74, 6) is 0.529. The molecule has 23 heavy (non-hydrogen) atoms. The summed E-state index contributed by atoms with van der Waals surface area (Å²) in [6.45, 7) is 4.07. The van der Waals surface area contributed by atoms with Gasteiger partial charge in [-0.1, -0.05) is 6.07 Å². The largest absolute Gasteiger partial charge is 0.341 e. The van der Waals surface area contributed by atoms with Gasteiger partial charge in [0.15, 0.2) is 0 Å². The Kier molecular flexibility index (Phi) is 4.91. The summed E-state index contributed by atoms with van der Waals surface area (Å²) in [4.78, 5) is 31.1. The number of anilines is 1. The van der Waals surface area contributed by atoms with Crippen LogP contribution in [0.1, 0.15) is 31.4 Å². The minimum absolute atomic E-state index is 0.0417. The molecule has 6 nitrogen and oxygen atoms in total. The molecular weight excluding hydrogens is 292 g/mol. The van der Waals surface area contributed by atoms with E-state index >= 15 is 0 Å². The maximum Gasteiger partial charge on any atom is 0.239 e. The highest BCUT2D eigenvalue weighted by Crippen LogP contribution is 2.20. The first kappa shape index (κ1) is 15.9. The molecule has 1 aromatic rings. The van der Waals surface area contributed by atoms with Crippen LogP contribution < -0.4 is 10.6 Å². The molecule has 0 bridgehead atoms. The number of nitrogens with one attached hydrogen (secondary N) is 2. The number of nitrogens with zero attached hydrogens (tertiary/aromatic N) is 2. The molecule has 0 radical (unpaired) electrons. The first-order valence-electron chi connectivity index (χ1n) is 8.40. The predicted molar refractivity (Wildman–Crippen MR) is 87.9 cm³/mol. The van der Waals surface area contributed by atoms with Crippen molar-refractivity contribution in [2.24, 2.45) is 5.92 Å². The van der Waals surface area contributed by atoms with Crippen molar-refractivity contribution in [3.8, 4) is 0 Å². The van der Waals surface area contributed by atoms with E-state index in [-0.39, 0.29) is 23.8 Å². The number of rotatable bonds is 3. The molecule has 2 amide bonds. The van der Waals surface area contributed by atoms with Crippen LogP contribution in [-0.2, 0) is 9.59 Å². The average Bonchev–Trinajstić information content (AvgIpc) is 3.09. The van der Waals surface area contributed by atoms with Gasteiger partial charge in [0.05, 0.1) is 12.0 Å². The molecule has 3 rings (SSSR count). The second-order valence-electron chi connectivity index (χ2n) is 6.43. The maximum atomic E-state index is 12.5. The van der Waals surface area contributed by atoms with Crippen LogP contribution in [0.2, 0.25) is 0 Å². The molecule has 2 N–H and O–H groups in total. The first-order valence-corrected chi connectivity index (χ1v) is 8.40. The minimum atomic E-state index is -0.156. The van der Waals surface area contributed by atoms with Gasteiger partial charge in [-0.2, -0.15) is 0 Å². The SMILES string of the molecule is Cc1cccc(NC(=O)C2CCCN(C(=O)C3CCCN3)C2)n1. The Hall–Kier alpha value is -1.95. The molecule has 2 atom stereocenters. The van der Waals surface area contributed by atoms with Crippen LogP contribution in [0.5, 0.6) is 0 Å². The molecule has 0 aromatic carbocycles. The minimum Gasteiger partial charge on any atom is -0.341 e. The van der Waals surface area contributed by atoms with E-state index in [1.165, 1.54) is 0 Å². The summed E-state index contributed by atoms with van der Waals surface area (Å²) in [6, 6.07) is 5.50. The predicted octanol–water partition coefficient (Wildman–Crippen LogP) is 1.32. The smallest absolute Gasteiger partial charge is 0.239 e. The van der Waals surface area contributed by atoms with Gasteiger partial charge in [0, 0.05) is 18.8 Å². The van der Waals surface area contributed by atoms with E-state index in [1.807, 2.05) is 24.0 Å². The van der Waals surface area contributed by atoms with E-state index in [2.05, 4.69) is 15.6 Å². The van der Waals surface area contributed by atoms with Crippen molar-refractivity contribution in [1.82, 2.24) is 15.2 Å². The lowest BCUT2D eigenvalue weighted by molar-refractivity contribution is -0.136. The Morgan fingerprint density at radius 3 is 2.91 bits per heavy atom. The molecular formula is C17H24N4O2. The molecule has 3 heterocycles. The number of hydrogen-bond donors (Lipinski definition) is 2. The quantitative estimate of drug-likeness (QED) is 0.882. The third kappa shape index (κ3) is 3.88. The molecule has 1 aromatic heterocycles. The van der Waals surface area contributed by atoms with Crippen LogP contribution in [-0.4, -0.2) is 47.4 Å². The summed E-state index contributed by atoms with van der Waals surface area (Å²) in [5, 5.41) is 6.12. The van der Waals surface area contributed by atoms with Gasteiger partial charge in [-0.3, -0.25) is 9.59 Å². The normalized spacial score (nSPS) is 24.5. The molecule has 2 aliphatic heterocycles. The van der Waals surface area contributed by atoms with Crippen LogP contribution in [0.15, 0.2) is 18.2 Å². The molecule has 0 saturated carbocycles. The molecule has 0 aliphatic carbocycles. The van der Waals surface area contributed by atoms with E-state index in [4.69, 9.17) is 0 Å². The van der Waals surface area contributed by atoms with Crippen LogP contribution in [0, 0.1) is 12.8 Å². The summed E-state index contributed by atoms with van der Waals surface area (Å²) >= 11 is 0. The van der Waals surface area contributed by atoms with Gasteiger partial charge in [-0.05, 0) is 51.3 Å². The van der Waals surface area contributed by atoms with E-state index in [9.17, 15) is 9.59 Å². The Morgan fingerprint density at radius 1 is 1.30 bits per heavy atom. The van der Waals surface area contributed by atoms with Crippen molar-refractivity contribution in [3.63, 3.8) is 0 Å². The van der Waals surface area contributed by atoms with Crippen molar-refractivity contribution in [2.45, 2.75) is 38.6 Å². The van der Waals surface area contributed by atoms with E-state index < -0.39 is 0 Å². The zero-order chi connectivity index (χ0) is 16.2. The van der Waals surface area contributed by atoms with Gasteiger partial charge in [-0.15, -0.1) is 0 Å². The molecule has 2 aliphatic rings. The maximum absolute atomic E-state index is 12.5. The fourth-order valence-electron chi connectivity index (χ4n) is 3.35. The van der Waals surface area contributed by atoms with Gasteiger partial charge < -0.3 is 15.5 Å². The third-order valence-corrected chi connectivity index (χ3v) is 4.60. The standard InChI is InChI=1S/C17H24N4O2/c1-12-5-2-8-15(19-12)20-16(22)13-6-4-10-21(11-13)17(23)14-7-3-9-18-14/h2,5,8,13-14,18H,3-4,6-7,9-11H2,1H3,(H,19,20,22). The molecule has 6 heteroatoms. The van der Waals surface area contributed by atoms with Gasteiger partial charge in [-0.25, -0.2) is 4.98 Å². The summed E-state index contributed by atoms with van der Waals surface area (Å²) in [6.07, 6.45) is 3.64. The van der Waals surface area contributed by atoms with Crippen LogP contribution in [0.25, 0.3) is 0 Å². The fourth-order valence-corrected chi connectivity index (χ4v) is 3.35. The summed E-state index contributed by atoms with van der Waals surface area (Å²) in [5.41, 5.74) is 0.871. The number of amides is 2. The number of pyridine rings is 1. The number of aryl methyl sites for hydroxylation is 1. The first-order chi connectivity index (χ1) is 11.1. The third-order valence-electron chi connectivity index (χ3n) is 4.60. The highest BCUT2D eigenvalue weighted by molar-refractivity contribution is 5.92. The molecule has 2 unspecified atom stereocenters. The number of hydrogen-bond acceptors (Lipinski definition) is 4. The highest BCUT2D eigenvalue weighted by atomic mass is 16.2. The van der Waals surface area contributed by atoms with Gasteiger partial charge in [0.25, 0.3) is 0 Å². The number of likely N-dealkylation sites (tertiary alicyclic amines) is 1. The van der Waals surface area contributed by atoms with Crippen LogP contribution in [0.3, 0.4) is 0 Å². The van der Waals surface area contributed by atoms with Crippen molar-refractivity contribution in [2.75, 3.05) is 25.0 Å².